The number of amides is 1. The molecule has 0 atom stereocenters. The summed E-state index contributed by atoms with van der Waals surface area (Å²) in [5.74, 6) is -1.41. The van der Waals surface area contributed by atoms with Crippen LogP contribution < -0.4 is 10.9 Å². The lowest BCUT2D eigenvalue weighted by atomic mass is 10.0. The molecule has 1 amide bonds. The third-order valence-corrected chi connectivity index (χ3v) is 2.80. The predicted octanol–water partition coefficient (Wildman–Crippen LogP) is 0.980. The molecule has 19 heavy (non-hydrogen) atoms. The van der Waals surface area contributed by atoms with Crippen molar-refractivity contribution in [3.8, 4) is 0 Å². The number of nitrogens with one attached hydrogen (secondary N) is 1. The number of carbonyl (C=O) groups is 2. The zero-order valence-corrected chi connectivity index (χ0v) is 12.2. The minimum Gasteiger partial charge on any atom is -0.481 e. The van der Waals surface area contributed by atoms with Crippen molar-refractivity contribution in [1.82, 2.24) is 9.88 Å². The molecule has 0 aliphatic rings. The minimum atomic E-state index is -0.995. The minimum absolute atomic E-state index is 0.151. The number of aromatic nitrogens is 1. The number of carbonyl (C=O) groups excluding carboxylic acids is 1. The normalized spacial score (nSPS) is 11.1. The lowest BCUT2D eigenvalue weighted by Crippen LogP contribution is -2.46. The smallest absolute Gasteiger partial charge is 0.305 e. The summed E-state index contributed by atoms with van der Waals surface area (Å²) in [6.45, 7) is 3.08. The fraction of sp³-hybridized carbons (Fsp3) is 0.417. The van der Waals surface area contributed by atoms with E-state index < -0.39 is 17.4 Å². The lowest BCUT2D eigenvalue weighted by Gasteiger charge is -2.24. The standard InChI is InChI=1S/C12H15BrN2O4/c1-12(2,5-11(18)19)14-9(16)7-15-6-8(13)3-4-10(15)17/h3-4,6H,5,7H2,1-2H3,(H,14,16)(H,18,19). The monoisotopic (exact) mass is 330 g/mol. The SMILES string of the molecule is CC(C)(CC(=O)O)NC(=O)Cn1cc(Br)ccc1=O. The lowest BCUT2D eigenvalue weighted by molar-refractivity contribution is -0.138. The third kappa shape index (κ3) is 5.25. The van der Waals surface area contributed by atoms with Gasteiger partial charge in [-0.15, -0.1) is 0 Å². The van der Waals surface area contributed by atoms with Crippen LogP contribution in [0.4, 0.5) is 0 Å². The number of pyridine rings is 1. The first-order chi connectivity index (χ1) is 8.69. The summed E-state index contributed by atoms with van der Waals surface area (Å²) >= 11 is 3.21. The summed E-state index contributed by atoms with van der Waals surface area (Å²) < 4.78 is 1.93. The van der Waals surface area contributed by atoms with Crippen LogP contribution in [0.15, 0.2) is 27.6 Å². The molecule has 0 aromatic carbocycles. The molecule has 1 rings (SSSR count). The van der Waals surface area contributed by atoms with Crippen LogP contribution in [0, 0.1) is 0 Å². The van der Waals surface area contributed by atoms with Crippen molar-refractivity contribution in [1.29, 1.82) is 0 Å². The van der Waals surface area contributed by atoms with Crippen molar-refractivity contribution in [3.63, 3.8) is 0 Å². The molecule has 0 aliphatic heterocycles. The first-order valence-corrected chi connectivity index (χ1v) is 6.38. The van der Waals surface area contributed by atoms with E-state index in [1.165, 1.54) is 16.8 Å². The first kappa shape index (κ1) is 15.4. The Kier molecular flexibility index (Phi) is 4.88. The Hall–Kier alpha value is -1.63. The van der Waals surface area contributed by atoms with E-state index in [1.807, 2.05) is 0 Å². The van der Waals surface area contributed by atoms with E-state index >= 15 is 0 Å². The summed E-state index contributed by atoms with van der Waals surface area (Å²) in [6, 6.07) is 2.94. The number of nitrogens with zero attached hydrogens (tertiary/aromatic N) is 1. The molecule has 1 aromatic heterocycles. The van der Waals surface area contributed by atoms with Gasteiger partial charge >= 0.3 is 5.97 Å². The number of hydrogen-bond donors (Lipinski definition) is 2. The van der Waals surface area contributed by atoms with Gasteiger partial charge in [0.1, 0.15) is 6.54 Å². The Balaban J connectivity index is 2.73. The number of carboxylic acid groups (broad SMARTS) is 1. The number of halogens is 1. The van der Waals surface area contributed by atoms with E-state index in [9.17, 15) is 14.4 Å². The molecule has 2 N–H and O–H groups in total. The Morgan fingerprint density at radius 3 is 2.63 bits per heavy atom. The van der Waals surface area contributed by atoms with E-state index in [0.717, 1.165) is 0 Å². The number of carboxylic acids is 1. The molecular weight excluding hydrogens is 316 g/mol. The van der Waals surface area contributed by atoms with Crippen LogP contribution in [0.3, 0.4) is 0 Å². The van der Waals surface area contributed by atoms with Crippen LogP contribution in [-0.2, 0) is 16.1 Å². The molecule has 7 heteroatoms. The molecule has 1 heterocycles. The Morgan fingerprint density at radius 1 is 1.42 bits per heavy atom. The second-order valence-electron chi connectivity index (χ2n) is 4.82. The van der Waals surface area contributed by atoms with Crippen molar-refractivity contribution in [2.45, 2.75) is 32.4 Å². The zero-order chi connectivity index (χ0) is 14.6. The van der Waals surface area contributed by atoms with Crippen molar-refractivity contribution in [2.75, 3.05) is 0 Å². The Bertz CT molecular complexity index is 551. The van der Waals surface area contributed by atoms with Gasteiger partial charge < -0.3 is 15.0 Å². The van der Waals surface area contributed by atoms with Crippen molar-refractivity contribution < 1.29 is 14.7 Å². The predicted molar refractivity (Wildman–Crippen MR) is 72.9 cm³/mol. The molecule has 0 radical (unpaired) electrons. The largest absolute Gasteiger partial charge is 0.481 e. The Labute approximate surface area is 118 Å². The quantitative estimate of drug-likeness (QED) is 0.842. The summed E-state index contributed by atoms with van der Waals surface area (Å²) in [6.07, 6.45) is 1.32. The topological polar surface area (TPSA) is 88.4 Å². The van der Waals surface area contributed by atoms with Crippen LogP contribution in [0.1, 0.15) is 20.3 Å². The van der Waals surface area contributed by atoms with E-state index in [1.54, 1.807) is 19.9 Å². The fourth-order valence-corrected chi connectivity index (χ4v) is 2.00. The molecule has 6 nitrogen and oxygen atoms in total. The van der Waals surface area contributed by atoms with Gasteiger partial charge in [0.2, 0.25) is 5.91 Å². The summed E-state index contributed by atoms with van der Waals surface area (Å²) in [7, 11) is 0. The average molecular weight is 331 g/mol. The van der Waals surface area contributed by atoms with Crippen LogP contribution in [0.5, 0.6) is 0 Å². The number of rotatable bonds is 5. The molecule has 0 bridgehead atoms. The molecule has 0 saturated carbocycles. The van der Waals surface area contributed by atoms with E-state index in [0.29, 0.717) is 4.47 Å². The van der Waals surface area contributed by atoms with Crippen LogP contribution in [0.25, 0.3) is 0 Å². The summed E-state index contributed by atoms with van der Waals surface area (Å²) in [5, 5.41) is 11.3. The van der Waals surface area contributed by atoms with Gasteiger partial charge in [-0.2, -0.15) is 0 Å². The molecular formula is C12H15BrN2O4. The number of aliphatic carboxylic acids is 1. The molecule has 104 valence electrons. The Morgan fingerprint density at radius 2 is 2.05 bits per heavy atom. The van der Waals surface area contributed by atoms with Gasteiger partial charge in [0, 0.05) is 22.3 Å². The second kappa shape index (κ2) is 6.01. The molecule has 0 spiro atoms. The maximum absolute atomic E-state index is 11.8. The van der Waals surface area contributed by atoms with E-state index in [-0.39, 0.29) is 18.5 Å². The van der Waals surface area contributed by atoms with Crippen LogP contribution in [0.2, 0.25) is 0 Å². The average Bonchev–Trinajstić information content (AvgIpc) is 2.20. The van der Waals surface area contributed by atoms with Crippen molar-refractivity contribution in [3.05, 3.63) is 33.2 Å². The molecule has 0 fully saturated rings. The third-order valence-electron chi connectivity index (χ3n) is 2.33. The van der Waals surface area contributed by atoms with Gasteiger partial charge in [0.25, 0.3) is 5.56 Å². The molecule has 0 unspecified atom stereocenters. The molecule has 0 saturated heterocycles. The first-order valence-electron chi connectivity index (χ1n) is 5.58. The molecule has 1 aromatic rings. The van der Waals surface area contributed by atoms with Gasteiger partial charge in [0.15, 0.2) is 0 Å². The maximum Gasteiger partial charge on any atom is 0.305 e. The summed E-state index contributed by atoms with van der Waals surface area (Å²) in [4.78, 5) is 34.0. The van der Waals surface area contributed by atoms with E-state index in [2.05, 4.69) is 21.2 Å². The van der Waals surface area contributed by atoms with Gasteiger partial charge in [-0.1, -0.05) is 0 Å². The number of hydrogen-bond acceptors (Lipinski definition) is 3. The van der Waals surface area contributed by atoms with Crippen molar-refractivity contribution >= 4 is 27.8 Å². The van der Waals surface area contributed by atoms with Crippen LogP contribution in [-0.4, -0.2) is 27.1 Å². The maximum atomic E-state index is 11.8. The van der Waals surface area contributed by atoms with Crippen molar-refractivity contribution in [2.24, 2.45) is 0 Å². The van der Waals surface area contributed by atoms with Gasteiger partial charge in [-0.05, 0) is 35.8 Å². The van der Waals surface area contributed by atoms with Gasteiger partial charge in [0.05, 0.1) is 6.42 Å². The highest BCUT2D eigenvalue weighted by Crippen LogP contribution is 2.08. The highest BCUT2D eigenvalue weighted by molar-refractivity contribution is 9.10. The fourth-order valence-electron chi connectivity index (χ4n) is 1.62. The van der Waals surface area contributed by atoms with Gasteiger partial charge in [-0.25, -0.2) is 0 Å². The van der Waals surface area contributed by atoms with Crippen LogP contribution >= 0.6 is 15.9 Å². The highest BCUT2D eigenvalue weighted by atomic mass is 79.9. The second-order valence-corrected chi connectivity index (χ2v) is 5.73. The zero-order valence-electron chi connectivity index (χ0n) is 10.6. The highest BCUT2D eigenvalue weighted by Gasteiger charge is 2.23. The van der Waals surface area contributed by atoms with Gasteiger partial charge in [-0.3, -0.25) is 14.4 Å². The van der Waals surface area contributed by atoms with E-state index in [4.69, 9.17) is 5.11 Å². The molecule has 0 aliphatic carbocycles. The summed E-state index contributed by atoms with van der Waals surface area (Å²) in [5.41, 5.74) is -1.16.